The van der Waals surface area contributed by atoms with Gasteiger partial charge in [0.15, 0.2) is 0 Å². The zero-order valence-corrected chi connectivity index (χ0v) is 13.0. The van der Waals surface area contributed by atoms with Crippen LogP contribution >= 0.6 is 0 Å². The van der Waals surface area contributed by atoms with E-state index in [-0.39, 0.29) is 0 Å². The summed E-state index contributed by atoms with van der Waals surface area (Å²) in [6.07, 6.45) is 2.62. The molecular formula is C17H25N3O. The lowest BCUT2D eigenvalue weighted by Gasteiger charge is -2.32. The molecule has 0 aliphatic carbocycles. The summed E-state index contributed by atoms with van der Waals surface area (Å²) in [5.74, 6) is 0. The first-order chi connectivity index (χ1) is 10.3. The minimum absolute atomic E-state index is 0.309. The highest BCUT2D eigenvalue weighted by Crippen LogP contribution is 2.23. The van der Waals surface area contributed by atoms with Gasteiger partial charge in [-0.05, 0) is 25.6 Å². The molecule has 1 atom stereocenters. The maximum atomic E-state index is 5.79. The molecular weight excluding hydrogens is 262 g/mol. The van der Waals surface area contributed by atoms with Crippen LogP contribution in [0, 0.1) is 0 Å². The minimum Gasteiger partial charge on any atom is -0.374 e. The molecule has 0 saturated carbocycles. The minimum atomic E-state index is 0.309. The van der Waals surface area contributed by atoms with Crippen LogP contribution in [0.1, 0.15) is 12.5 Å². The topological polar surface area (TPSA) is 29.4 Å². The van der Waals surface area contributed by atoms with E-state index >= 15 is 0 Å². The third-order valence-corrected chi connectivity index (χ3v) is 4.26. The third-order valence-electron chi connectivity index (χ3n) is 4.26. The third kappa shape index (κ3) is 3.12. The summed E-state index contributed by atoms with van der Waals surface area (Å²) in [5.41, 5.74) is 2.77. The summed E-state index contributed by atoms with van der Waals surface area (Å²) in [5, 5.41) is 4.59. The van der Waals surface area contributed by atoms with Crippen molar-refractivity contribution in [1.29, 1.82) is 0 Å². The number of fused-ring (bicyclic) bond motifs is 1. The summed E-state index contributed by atoms with van der Waals surface area (Å²) in [7, 11) is 1.98. The van der Waals surface area contributed by atoms with Gasteiger partial charge in [0, 0.05) is 49.8 Å². The first kappa shape index (κ1) is 14.6. The molecule has 4 nitrogen and oxygen atoms in total. The van der Waals surface area contributed by atoms with E-state index in [1.54, 1.807) is 0 Å². The number of morpholine rings is 1. The molecule has 1 aliphatic rings. The second kappa shape index (κ2) is 6.60. The first-order valence-electron chi connectivity index (χ1n) is 7.87. The fourth-order valence-corrected chi connectivity index (χ4v) is 3.23. The van der Waals surface area contributed by atoms with Gasteiger partial charge in [-0.25, -0.2) is 0 Å². The molecule has 114 valence electrons. The Kier molecular flexibility index (Phi) is 4.58. The van der Waals surface area contributed by atoms with Crippen LogP contribution in [0.25, 0.3) is 10.9 Å². The molecule has 0 radical (unpaired) electrons. The lowest BCUT2D eigenvalue weighted by molar-refractivity contribution is -0.0290. The largest absolute Gasteiger partial charge is 0.374 e. The Morgan fingerprint density at radius 3 is 3.00 bits per heavy atom. The van der Waals surface area contributed by atoms with Crippen molar-refractivity contribution >= 4 is 10.9 Å². The van der Waals surface area contributed by atoms with Crippen LogP contribution < -0.4 is 5.32 Å². The SMILES string of the molecule is CCn1cc(CN2CCOC(CNC)C2)c2ccccc21. The second-order valence-electron chi connectivity index (χ2n) is 5.74. The van der Waals surface area contributed by atoms with Crippen LogP contribution in [-0.4, -0.2) is 48.9 Å². The van der Waals surface area contributed by atoms with Crippen molar-refractivity contribution < 1.29 is 4.74 Å². The molecule has 0 bridgehead atoms. The number of hydrogen-bond acceptors (Lipinski definition) is 3. The standard InChI is InChI=1S/C17H25N3O/c1-3-20-12-14(16-6-4-5-7-17(16)20)11-19-8-9-21-15(13-19)10-18-2/h4-7,12,15,18H,3,8-11,13H2,1-2H3. The van der Waals surface area contributed by atoms with Crippen molar-refractivity contribution in [2.45, 2.75) is 26.1 Å². The van der Waals surface area contributed by atoms with E-state index in [0.717, 1.165) is 39.3 Å². The Bertz CT molecular complexity index is 591. The Morgan fingerprint density at radius 1 is 1.33 bits per heavy atom. The number of likely N-dealkylation sites (N-methyl/N-ethyl adjacent to an activating group) is 1. The van der Waals surface area contributed by atoms with Gasteiger partial charge in [0.25, 0.3) is 0 Å². The maximum Gasteiger partial charge on any atom is 0.0826 e. The number of nitrogens with zero attached hydrogens (tertiary/aromatic N) is 2. The summed E-state index contributed by atoms with van der Waals surface area (Å²) < 4.78 is 8.13. The number of nitrogens with one attached hydrogen (secondary N) is 1. The van der Waals surface area contributed by atoms with Gasteiger partial charge in [0.2, 0.25) is 0 Å². The van der Waals surface area contributed by atoms with Crippen LogP contribution in [-0.2, 0) is 17.8 Å². The van der Waals surface area contributed by atoms with Crippen LogP contribution in [0.4, 0.5) is 0 Å². The van der Waals surface area contributed by atoms with Crippen molar-refractivity contribution in [2.24, 2.45) is 0 Å². The van der Waals surface area contributed by atoms with Gasteiger partial charge in [-0.3, -0.25) is 4.90 Å². The molecule has 1 aromatic heterocycles. The van der Waals surface area contributed by atoms with Gasteiger partial charge in [0.05, 0.1) is 12.7 Å². The molecule has 1 aromatic carbocycles. The summed E-state index contributed by atoms with van der Waals surface area (Å²) >= 11 is 0. The normalized spacial score (nSPS) is 20.2. The monoisotopic (exact) mass is 287 g/mol. The van der Waals surface area contributed by atoms with Crippen LogP contribution in [0.5, 0.6) is 0 Å². The fourth-order valence-electron chi connectivity index (χ4n) is 3.23. The average Bonchev–Trinajstić information content (AvgIpc) is 2.86. The highest BCUT2D eigenvalue weighted by molar-refractivity contribution is 5.83. The fraction of sp³-hybridized carbons (Fsp3) is 0.529. The molecule has 2 aromatic rings. The van der Waals surface area contributed by atoms with Gasteiger partial charge in [-0.2, -0.15) is 0 Å². The Balaban J connectivity index is 1.78. The van der Waals surface area contributed by atoms with Crippen molar-refractivity contribution in [3.8, 4) is 0 Å². The predicted molar refractivity (Wildman–Crippen MR) is 86.6 cm³/mol. The number of para-hydroxylation sites is 1. The number of aryl methyl sites for hydroxylation is 1. The molecule has 21 heavy (non-hydrogen) atoms. The molecule has 1 N–H and O–H groups in total. The van der Waals surface area contributed by atoms with E-state index < -0.39 is 0 Å². The molecule has 2 heterocycles. The first-order valence-corrected chi connectivity index (χ1v) is 7.87. The second-order valence-corrected chi connectivity index (χ2v) is 5.74. The highest BCUT2D eigenvalue weighted by atomic mass is 16.5. The Labute approximate surface area is 126 Å². The van der Waals surface area contributed by atoms with E-state index in [4.69, 9.17) is 4.74 Å². The van der Waals surface area contributed by atoms with Crippen LogP contribution in [0.15, 0.2) is 30.5 Å². The number of aromatic nitrogens is 1. The summed E-state index contributed by atoms with van der Waals surface area (Å²) in [6, 6.07) is 8.71. The highest BCUT2D eigenvalue weighted by Gasteiger charge is 2.21. The van der Waals surface area contributed by atoms with Gasteiger partial charge < -0.3 is 14.6 Å². The number of hydrogen-bond donors (Lipinski definition) is 1. The van der Waals surface area contributed by atoms with Crippen molar-refractivity contribution in [1.82, 2.24) is 14.8 Å². The predicted octanol–water partition coefficient (Wildman–Crippen LogP) is 2.08. The summed E-state index contributed by atoms with van der Waals surface area (Å²) in [4.78, 5) is 2.51. The van der Waals surface area contributed by atoms with E-state index in [2.05, 4.69) is 52.2 Å². The van der Waals surface area contributed by atoms with Crippen LogP contribution in [0.2, 0.25) is 0 Å². The lowest BCUT2D eigenvalue weighted by atomic mass is 10.1. The van der Waals surface area contributed by atoms with Gasteiger partial charge in [-0.15, -0.1) is 0 Å². The number of benzene rings is 1. The quantitative estimate of drug-likeness (QED) is 0.913. The molecule has 1 aliphatic heterocycles. The smallest absolute Gasteiger partial charge is 0.0826 e. The van der Waals surface area contributed by atoms with E-state index in [0.29, 0.717) is 6.10 Å². The van der Waals surface area contributed by atoms with Crippen molar-refractivity contribution in [2.75, 3.05) is 33.3 Å². The number of rotatable bonds is 5. The Hall–Kier alpha value is -1.36. The average molecular weight is 287 g/mol. The van der Waals surface area contributed by atoms with Crippen molar-refractivity contribution in [3.63, 3.8) is 0 Å². The van der Waals surface area contributed by atoms with E-state index in [1.165, 1.54) is 16.5 Å². The van der Waals surface area contributed by atoms with E-state index in [9.17, 15) is 0 Å². The maximum absolute atomic E-state index is 5.79. The molecule has 3 rings (SSSR count). The Morgan fingerprint density at radius 2 is 2.19 bits per heavy atom. The van der Waals surface area contributed by atoms with Gasteiger partial charge in [0.1, 0.15) is 0 Å². The molecule has 1 unspecified atom stereocenters. The lowest BCUT2D eigenvalue weighted by Crippen LogP contribution is -2.45. The molecule has 4 heteroatoms. The zero-order valence-electron chi connectivity index (χ0n) is 13.0. The zero-order chi connectivity index (χ0) is 14.7. The summed E-state index contributed by atoms with van der Waals surface area (Å²) in [6.45, 7) is 8.02. The molecule has 1 saturated heterocycles. The number of ether oxygens (including phenoxy) is 1. The molecule has 1 fully saturated rings. The van der Waals surface area contributed by atoms with E-state index in [1.807, 2.05) is 7.05 Å². The molecule has 0 spiro atoms. The van der Waals surface area contributed by atoms with Crippen LogP contribution in [0.3, 0.4) is 0 Å². The molecule has 0 amide bonds. The van der Waals surface area contributed by atoms with Gasteiger partial charge in [-0.1, -0.05) is 18.2 Å². The van der Waals surface area contributed by atoms with Crippen molar-refractivity contribution in [3.05, 3.63) is 36.0 Å². The van der Waals surface area contributed by atoms with Gasteiger partial charge >= 0.3 is 0 Å².